The number of unbranched alkanes of at least 4 members (excludes halogenated alkanes) is 2. The number of aromatic hydroxyl groups is 1. The number of nitrogens with zero attached hydrogens (tertiary/aromatic N) is 4. The van der Waals surface area contributed by atoms with Gasteiger partial charge in [0, 0.05) is 32.9 Å². The Kier molecular flexibility index (Phi) is 11.9. The maximum atomic E-state index is 12.3. The standard InChI is InChI=1S/C28H35N7O7/c1-3-4-5-6-7-20(26(38)39)31-22(37)13-12-21(36)30-16-18-8-10-19(11-9-18)17-35-25-23(32-28(35)40)24(29)33-27(34-25)42-15-14-41-2/h1,8-11,20H,4-7,12-17H2,2H3,(H,30,36)(H,31,37)(H,32,40)(H,38,39)(H2,29,33,34). The molecule has 2 heterocycles. The molecular weight excluding hydrogens is 546 g/mol. The molecule has 0 aliphatic heterocycles. The van der Waals surface area contributed by atoms with Crippen LogP contribution in [0.4, 0.5) is 5.82 Å². The second-order valence-corrected chi connectivity index (χ2v) is 9.40. The summed E-state index contributed by atoms with van der Waals surface area (Å²) in [6.07, 6.45) is 7.06. The number of carbonyl (C=O) groups excluding carboxylic acids is 2. The fourth-order valence-electron chi connectivity index (χ4n) is 3.98. The van der Waals surface area contributed by atoms with E-state index in [1.54, 1.807) is 7.11 Å². The molecule has 1 aromatic carbocycles. The van der Waals surface area contributed by atoms with Gasteiger partial charge >= 0.3 is 12.0 Å². The van der Waals surface area contributed by atoms with Crippen LogP contribution in [0.5, 0.6) is 12.0 Å². The summed E-state index contributed by atoms with van der Waals surface area (Å²) in [7, 11) is 1.54. The number of terminal acetylenes is 1. The number of hydrogen-bond donors (Lipinski definition) is 5. The Balaban J connectivity index is 1.50. The Morgan fingerprint density at radius 2 is 1.79 bits per heavy atom. The average molecular weight is 582 g/mol. The van der Waals surface area contributed by atoms with Crippen LogP contribution in [0.1, 0.15) is 49.7 Å². The van der Waals surface area contributed by atoms with Crippen molar-refractivity contribution >= 4 is 34.8 Å². The minimum absolute atomic E-state index is 0.0413. The maximum Gasteiger partial charge on any atom is 0.326 e. The predicted octanol–water partition coefficient (Wildman–Crippen LogP) is 1.35. The van der Waals surface area contributed by atoms with Crippen LogP contribution in [0.15, 0.2) is 24.3 Å². The van der Waals surface area contributed by atoms with E-state index in [2.05, 4.69) is 31.5 Å². The second kappa shape index (κ2) is 15.8. The average Bonchev–Trinajstić information content (AvgIpc) is 3.28. The molecule has 2 amide bonds. The zero-order valence-corrected chi connectivity index (χ0v) is 23.3. The number of amides is 2. The van der Waals surface area contributed by atoms with Gasteiger partial charge in [0.25, 0.3) is 6.01 Å². The topological polar surface area (TPSA) is 204 Å². The van der Waals surface area contributed by atoms with Gasteiger partial charge in [0.2, 0.25) is 11.8 Å². The maximum absolute atomic E-state index is 12.3. The summed E-state index contributed by atoms with van der Waals surface area (Å²) in [4.78, 5) is 48.2. The Bertz CT molecular complexity index is 1420. The van der Waals surface area contributed by atoms with E-state index in [0.29, 0.717) is 31.5 Å². The number of imidazole rings is 1. The van der Waals surface area contributed by atoms with Crippen molar-refractivity contribution in [2.45, 2.75) is 57.7 Å². The van der Waals surface area contributed by atoms with Crippen molar-refractivity contribution < 1.29 is 34.1 Å². The summed E-state index contributed by atoms with van der Waals surface area (Å²) in [5, 5.41) is 24.9. The van der Waals surface area contributed by atoms with Gasteiger partial charge in [-0.15, -0.1) is 12.3 Å². The molecule has 0 aliphatic carbocycles. The Morgan fingerprint density at radius 1 is 1.07 bits per heavy atom. The van der Waals surface area contributed by atoms with Gasteiger partial charge in [0.15, 0.2) is 17.0 Å². The first-order chi connectivity index (χ1) is 20.2. The third-order valence-corrected chi connectivity index (χ3v) is 6.23. The fourth-order valence-corrected chi connectivity index (χ4v) is 3.98. The smallest absolute Gasteiger partial charge is 0.326 e. The number of nitrogens with two attached hydrogens (primary N) is 1. The molecule has 3 rings (SSSR count). The van der Waals surface area contributed by atoms with E-state index in [1.807, 2.05) is 24.3 Å². The van der Waals surface area contributed by atoms with Gasteiger partial charge in [-0.3, -0.25) is 14.2 Å². The van der Waals surface area contributed by atoms with Crippen molar-refractivity contribution in [2.24, 2.45) is 0 Å². The Morgan fingerprint density at radius 3 is 2.48 bits per heavy atom. The molecule has 6 N–H and O–H groups in total. The number of rotatable bonds is 17. The van der Waals surface area contributed by atoms with Gasteiger partial charge in [0.1, 0.15) is 12.6 Å². The van der Waals surface area contributed by atoms with Crippen LogP contribution in [0.25, 0.3) is 11.2 Å². The number of fused-ring (bicyclic) bond motifs is 1. The highest BCUT2D eigenvalue weighted by atomic mass is 16.5. The van der Waals surface area contributed by atoms with Gasteiger partial charge in [0.05, 0.1) is 13.2 Å². The van der Waals surface area contributed by atoms with E-state index in [1.165, 1.54) is 4.57 Å². The van der Waals surface area contributed by atoms with Crippen LogP contribution in [0.3, 0.4) is 0 Å². The lowest BCUT2D eigenvalue weighted by Crippen LogP contribution is -2.41. The molecule has 3 aromatic rings. The molecule has 42 heavy (non-hydrogen) atoms. The zero-order chi connectivity index (χ0) is 30.5. The Hall–Kier alpha value is -4.90. The molecule has 14 heteroatoms. The summed E-state index contributed by atoms with van der Waals surface area (Å²) in [5.74, 6) is 0.593. The normalized spacial score (nSPS) is 11.5. The highest BCUT2D eigenvalue weighted by Gasteiger charge is 2.20. The van der Waals surface area contributed by atoms with Crippen molar-refractivity contribution in [3.63, 3.8) is 0 Å². The number of carboxylic acids is 1. The second-order valence-electron chi connectivity index (χ2n) is 9.40. The van der Waals surface area contributed by atoms with Gasteiger partial charge in [-0.05, 0) is 30.4 Å². The molecule has 0 saturated heterocycles. The summed E-state index contributed by atoms with van der Waals surface area (Å²) in [5.41, 5.74) is 8.17. The summed E-state index contributed by atoms with van der Waals surface area (Å²) >= 11 is 0. The minimum Gasteiger partial charge on any atom is -0.480 e. The first-order valence-electron chi connectivity index (χ1n) is 13.4. The van der Waals surface area contributed by atoms with Crippen molar-refractivity contribution in [1.82, 2.24) is 30.2 Å². The van der Waals surface area contributed by atoms with E-state index < -0.39 is 17.9 Å². The van der Waals surface area contributed by atoms with Crippen LogP contribution in [-0.2, 0) is 32.2 Å². The number of anilines is 1. The number of aromatic nitrogens is 4. The number of methoxy groups -OCH3 is 1. The highest BCUT2D eigenvalue weighted by molar-refractivity contribution is 5.87. The SMILES string of the molecule is C#CCCCCC(NC(=O)CCC(=O)NCc1ccc(Cn2c(O)nc3c(N)nc(OCCOC)nc32)cc1)C(=O)O. The molecular formula is C28H35N7O7. The van der Waals surface area contributed by atoms with Gasteiger partial charge in [-0.25, -0.2) is 4.79 Å². The van der Waals surface area contributed by atoms with E-state index in [4.69, 9.17) is 21.6 Å². The number of nitrogen functional groups attached to an aromatic ring is 1. The molecule has 0 fully saturated rings. The lowest BCUT2D eigenvalue weighted by molar-refractivity contribution is -0.142. The lowest BCUT2D eigenvalue weighted by Gasteiger charge is -2.14. The Labute approximate surface area is 242 Å². The van der Waals surface area contributed by atoms with Gasteiger partial charge in [-0.1, -0.05) is 24.3 Å². The summed E-state index contributed by atoms with van der Waals surface area (Å²) in [6, 6.07) is 6.04. The van der Waals surface area contributed by atoms with Gasteiger partial charge in [-0.2, -0.15) is 15.0 Å². The number of aliphatic carboxylic acids is 1. The fraction of sp³-hybridized carbons (Fsp3) is 0.429. The predicted molar refractivity (Wildman–Crippen MR) is 152 cm³/mol. The number of ether oxygens (including phenoxy) is 2. The number of benzene rings is 1. The van der Waals surface area contributed by atoms with Crippen LogP contribution >= 0.6 is 0 Å². The molecule has 2 aromatic heterocycles. The van der Waals surface area contributed by atoms with E-state index in [0.717, 1.165) is 11.1 Å². The third-order valence-electron chi connectivity index (χ3n) is 6.23. The van der Waals surface area contributed by atoms with Crippen LogP contribution in [0.2, 0.25) is 0 Å². The first-order valence-corrected chi connectivity index (χ1v) is 13.4. The quantitative estimate of drug-likeness (QED) is 0.114. The molecule has 1 atom stereocenters. The summed E-state index contributed by atoms with van der Waals surface area (Å²) < 4.78 is 11.9. The number of carboxylic acid groups (broad SMARTS) is 1. The highest BCUT2D eigenvalue weighted by Crippen LogP contribution is 2.25. The monoisotopic (exact) mass is 581 g/mol. The number of carbonyl (C=O) groups is 3. The molecule has 0 spiro atoms. The van der Waals surface area contributed by atoms with E-state index >= 15 is 0 Å². The van der Waals surface area contributed by atoms with Gasteiger partial charge < -0.3 is 36.1 Å². The molecule has 14 nitrogen and oxygen atoms in total. The lowest BCUT2D eigenvalue weighted by atomic mass is 10.1. The zero-order valence-electron chi connectivity index (χ0n) is 23.3. The van der Waals surface area contributed by atoms with Crippen LogP contribution in [0, 0.1) is 12.3 Å². The molecule has 0 aliphatic rings. The molecule has 0 saturated carbocycles. The number of nitrogens with one attached hydrogen (secondary N) is 2. The third kappa shape index (κ3) is 9.34. The van der Waals surface area contributed by atoms with E-state index in [-0.39, 0.29) is 68.2 Å². The molecule has 1 unspecified atom stereocenters. The van der Waals surface area contributed by atoms with Crippen molar-refractivity contribution in [3.8, 4) is 24.4 Å². The number of hydrogen-bond acceptors (Lipinski definition) is 10. The van der Waals surface area contributed by atoms with Crippen molar-refractivity contribution in [2.75, 3.05) is 26.1 Å². The van der Waals surface area contributed by atoms with Crippen LogP contribution in [-0.4, -0.2) is 73.9 Å². The van der Waals surface area contributed by atoms with Crippen molar-refractivity contribution in [3.05, 3.63) is 35.4 Å². The minimum atomic E-state index is -1.12. The molecule has 0 radical (unpaired) electrons. The largest absolute Gasteiger partial charge is 0.480 e. The van der Waals surface area contributed by atoms with Crippen LogP contribution < -0.4 is 21.1 Å². The first kappa shape index (κ1) is 31.6. The molecule has 0 bridgehead atoms. The van der Waals surface area contributed by atoms with E-state index in [9.17, 15) is 24.6 Å². The summed E-state index contributed by atoms with van der Waals surface area (Å²) in [6.45, 7) is 1.04. The molecule has 224 valence electrons. The van der Waals surface area contributed by atoms with Crippen molar-refractivity contribution in [1.29, 1.82) is 0 Å².